The van der Waals surface area contributed by atoms with Gasteiger partial charge in [-0.05, 0) is 41.8 Å². The first-order valence-corrected chi connectivity index (χ1v) is 7.22. The summed E-state index contributed by atoms with van der Waals surface area (Å²) in [6, 6.07) is 12.1. The van der Waals surface area contributed by atoms with Crippen LogP contribution in [0.1, 0.15) is 28.7 Å². The molecule has 0 saturated carbocycles. The summed E-state index contributed by atoms with van der Waals surface area (Å²) < 4.78 is 14.8. The maximum Gasteiger partial charge on any atom is 0.126 e. The molecule has 0 aliphatic carbocycles. The zero-order valence-electron chi connectivity index (χ0n) is 11.2. The minimum absolute atomic E-state index is 0.178. The third kappa shape index (κ3) is 3.08. The fourth-order valence-corrected chi connectivity index (χ4v) is 2.87. The maximum absolute atomic E-state index is 13.9. The average Bonchev–Trinajstić information content (AvgIpc) is 2.41. The van der Waals surface area contributed by atoms with Crippen molar-refractivity contribution in [1.82, 2.24) is 0 Å². The van der Waals surface area contributed by atoms with Crippen LogP contribution in [0.4, 0.5) is 4.39 Å². The van der Waals surface area contributed by atoms with E-state index in [1.807, 2.05) is 25.1 Å². The molecule has 2 aromatic carbocycles. The van der Waals surface area contributed by atoms with E-state index >= 15 is 0 Å². The topological polar surface area (TPSA) is 46.2 Å². The van der Waals surface area contributed by atoms with E-state index in [9.17, 15) is 9.50 Å². The SMILES string of the molecule is Cc1cc(Br)ccc1C(O)C(CN)c1ccccc1F. The summed E-state index contributed by atoms with van der Waals surface area (Å²) in [6.07, 6.45) is -0.829. The number of rotatable bonds is 4. The molecule has 0 spiro atoms. The monoisotopic (exact) mass is 337 g/mol. The Hall–Kier alpha value is -1.23. The van der Waals surface area contributed by atoms with Crippen molar-refractivity contribution in [3.63, 3.8) is 0 Å². The Bertz CT molecular complexity index is 603. The van der Waals surface area contributed by atoms with Gasteiger partial charge in [-0.2, -0.15) is 0 Å². The van der Waals surface area contributed by atoms with E-state index in [0.29, 0.717) is 5.56 Å². The van der Waals surface area contributed by atoms with Crippen LogP contribution in [-0.4, -0.2) is 11.7 Å². The number of nitrogens with two attached hydrogens (primary N) is 1. The molecule has 20 heavy (non-hydrogen) atoms. The van der Waals surface area contributed by atoms with Gasteiger partial charge in [0.2, 0.25) is 0 Å². The Morgan fingerprint density at radius 3 is 2.50 bits per heavy atom. The van der Waals surface area contributed by atoms with Crippen molar-refractivity contribution in [2.75, 3.05) is 6.54 Å². The van der Waals surface area contributed by atoms with Crippen molar-refractivity contribution in [3.05, 3.63) is 69.4 Å². The van der Waals surface area contributed by atoms with E-state index in [1.165, 1.54) is 6.07 Å². The molecule has 0 aliphatic heterocycles. The molecule has 0 heterocycles. The predicted octanol–water partition coefficient (Wildman–Crippen LogP) is 3.67. The van der Waals surface area contributed by atoms with Crippen molar-refractivity contribution in [2.45, 2.75) is 18.9 Å². The fraction of sp³-hybridized carbons (Fsp3) is 0.250. The molecule has 0 amide bonds. The molecule has 3 N–H and O–H groups in total. The van der Waals surface area contributed by atoms with E-state index in [0.717, 1.165) is 15.6 Å². The summed E-state index contributed by atoms with van der Waals surface area (Å²) in [5, 5.41) is 10.6. The molecule has 106 valence electrons. The van der Waals surface area contributed by atoms with Gasteiger partial charge in [-0.3, -0.25) is 0 Å². The Labute approximate surface area is 126 Å². The van der Waals surface area contributed by atoms with Crippen LogP contribution in [0.15, 0.2) is 46.9 Å². The van der Waals surface area contributed by atoms with Gasteiger partial charge in [-0.25, -0.2) is 4.39 Å². The van der Waals surface area contributed by atoms with Crippen molar-refractivity contribution < 1.29 is 9.50 Å². The Balaban J connectivity index is 2.39. The van der Waals surface area contributed by atoms with E-state index in [1.54, 1.807) is 18.2 Å². The molecule has 2 rings (SSSR count). The quantitative estimate of drug-likeness (QED) is 0.893. The maximum atomic E-state index is 13.9. The molecular weight excluding hydrogens is 321 g/mol. The lowest BCUT2D eigenvalue weighted by molar-refractivity contribution is 0.145. The van der Waals surface area contributed by atoms with Crippen LogP contribution in [0.2, 0.25) is 0 Å². The Morgan fingerprint density at radius 2 is 1.90 bits per heavy atom. The number of benzene rings is 2. The van der Waals surface area contributed by atoms with Gasteiger partial charge in [0.15, 0.2) is 0 Å². The summed E-state index contributed by atoms with van der Waals surface area (Å²) in [5.41, 5.74) is 7.92. The third-order valence-electron chi connectivity index (χ3n) is 3.49. The van der Waals surface area contributed by atoms with E-state index in [2.05, 4.69) is 15.9 Å². The molecule has 2 nitrogen and oxygen atoms in total. The van der Waals surface area contributed by atoms with Crippen LogP contribution in [0, 0.1) is 12.7 Å². The van der Waals surface area contributed by atoms with Gasteiger partial charge >= 0.3 is 0 Å². The summed E-state index contributed by atoms with van der Waals surface area (Å²) in [5.74, 6) is -0.798. The molecule has 0 radical (unpaired) electrons. The second-order valence-electron chi connectivity index (χ2n) is 4.81. The van der Waals surface area contributed by atoms with Gasteiger partial charge in [0.25, 0.3) is 0 Å². The predicted molar refractivity (Wildman–Crippen MR) is 82.0 cm³/mol. The third-order valence-corrected chi connectivity index (χ3v) is 3.98. The second-order valence-corrected chi connectivity index (χ2v) is 5.73. The standard InChI is InChI=1S/C16H17BrFNO/c1-10-8-11(17)6-7-12(10)16(20)14(9-19)13-4-2-3-5-15(13)18/h2-8,14,16,20H,9,19H2,1H3. The van der Waals surface area contributed by atoms with E-state index in [-0.39, 0.29) is 12.4 Å². The highest BCUT2D eigenvalue weighted by atomic mass is 79.9. The van der Waals surface area contributed by atoms with Gasteiger partial charge in [0, 0.05) is 16.9 Å². The molecule has 0 aromatic heterocycles. The van der Waals surface area contributed by atoms with Crippen molar-refractivity contribution in [2.24, 2.45) is 5.73 Å². The zero-order valence-corrected chi connectivity index (χ0v) is 12.8. The van der Waals surface area contributed by atoms with Crippen LogP contribution >= 0.6 is 15.9 Å². The molecule has 2 atom stereocenters. The van der Waals surface area contributed by atoms with Crippen LogP contribution < -0.4 is 5.73 Å². The van der Waals surface area contributed by atoms with Crippen LogP contribution in [0.3, 0.4) is 0 Å². The van der Waals surface area contributed by atoms with Crippen molar-refractivity contribution in [3.8, 4) is 0 Å². The van der Waals surface area contributed by atoms with Crippen LogP contribution in [0.5, 0.6) is 0 Å². The lowest BCUT2D eigenvalue weighted by atomic mass is 9.87. The summed E-state index contributed by atoms with van der Waals surface area (Å²) in [6.45, 7) is 2.09. The fourth-order valence-electron chi connectivity index (χ4n) is 2.39. The molecule has 2 unspecified atom stereocenters. The summed E-state index contributed by atoms with van der Waals surface area (Å²) >= 11 is 3.39. The normalized spacial score (nSPS) is 14.1. The minimum atomic E-state index is -0.829. The highest BCUT2D eigenvalue weighted by Crippen LogP contribution is 2.33. The first-order chi connectivity index (χ1) is 9.54. The minimum Gasteiger partial charge on any atom is -0.388 e. The van der Waals surface area contributed by atoms with E-state index in [4.69, 9.17) is 5.73 Å². The van der Waals surface area contributed by atoms with Crippen LogP contribution in [-0.2, 0) is 0 Å². The second kappa shape index (κ2) is 6.48. The number of halogens is 2. The number of hydrogen-bond acceptors (Lipinski definition) is 2. The molecule has 4 heteroatoms. The molecule has 0 fully saturated rings. The smallest absolute Gasteiger partial charge is 0.126 e. The molecule has 2 aromatic rings. The molecular formula is C16H17BrFNO. The van der Waals surface area contributed by atoms with Gasteiger partial charge in [0.1, 0.15) is 5.82 Å². The number of aliphatic hydroxyl groups excluding tert-OH is 1. The largest absolute Gasteiger partial charge is 0.388 e. The Kier molecular flexibility index (Phi) is 4.91. The summed E-state index contributed by atoms with van der Waals surface area (Å²) in [7, 11) is 0. The van der Waals surface area contributed by atoms with Crippen LogP contribution in [0.25, 0.3) is 0 Å². The average molecular weight is 338 g/mol. The molecule has 0 bridgehead atoms. The Morgan fingerprint density at radius 1 is 1.20 bits per heavy atom. The lowest BCUT2D eigenvalue weighted by Crippen LogP contribution is -2.21. The first-order valence-electron chi connectivity index (χ1n) is 6.43. The van der Waals surface area contributed by atoms with Crippen molar-refractivity contribution in [1.29, 1.82) is 0 Å². The number of hydrogen-bond donors (Lipinski definition) is 2. The lowest BCUT2D eigenvalue weighted by Gasteiger charge is -2.24. The van der Waals surface area contributed by atoms with Gasteiger partial charge in [0.05, 0.1) is 6.10 Å². The first kappa shape index (κ1) is 15.2. The zero-order chi connectivity index (χ0) is 14.7. The van der Waals surface area contributed by atoms with Gasteiger partial charge < -0.3 is 10.8 Å². The van der Waals surface area contributed by atoms with E-state index < -0.39 is 12.0 Å². The number of aryl methyl sites for hydroxylation is 1. The summed E-state index contributed by atoms with van der Waals surface area (Å²) in [4.78, 5) is 0. The van der Waals surface area contributed by atoms with Crippen molar-refractivity contribution >= 4 is 15.9 Å². The molecule has 0 aliphatic rings. The molecule has 0 saturated heterocycles. The van der Waals surface area contributed by atoms with Gasteiger partial charge in [-0.1, -0.05) is 40.2 Å². The number of aliphatic hydroxyl groups is 1. The highest BCUT2D eigenvalue weighted by Gasteiger charge is 2.25. The highest BCUT2D eigenvalue weighted by molar-refractivity contribution is 9.10. The van der Waals surface area contributed by atoms with Gasteiger partial charge in [-0.15, -0.1) is 0 Å².